The quantitative estimate of drug-likeness (QED) is 0.839. The third-order valence-electron chi connectivity index (χ3n) is 3.75. The fourth-order valence-electron chi connectivity index (χ4n) is 2.33. The van der Waals surface area contributed by atoms with E-state index in [4.69, 9.17) is 9.47 Å². The number of carbonyl (C=O) groups is 1. The molecule has 122 valence electrons. The first-order chi connectivity index (χ1) is 10.3. The zero-order valence-electron chi connectivity index (χ0n) is 12.5. The fourth-order valence-corrected chi connectivity index (χ4v) is 2.33. The zero-order valence-corrected chi connectivity index (χ0v) is 13.4. The minimum Gasteiger partial charge on any atom is -0.378 e. The van der Waals surface area contributed by atoms with Gasteiger partial charge in [-0.25, -0.2) is 0 Å². The topological polar surface area (TPSA) is 59.6 Å². The lowest BCUT2D eigenvalue weighted by molar-refractivity contribution is -0.120. The van der Waals surface area contributed by atoms with E-state index in [2.05, 4.69) is 10.6 Å². The molecule has 1 unspecified atom stereocenters. The summed E-state index contributed by atoms with van der Waals surface area (Å²) in [7, 11) is 0. The van der Waals surface area contributed by atoms with Crippen LogP contribution >= 0.6 is 12.4 Å². The second kappa shape index (κ2) is 8.48. The highest BCUT2D eigenvalue weighted by atomic mass is 35.5. The number of hydrogen-bond acceptors (Lipinski definition) is 4. The van der Waals surface area contributed by atoms with Gasteiger partial charge in [0.1, 0.15) is 6.04 Å². The molecule has 1 saturated heterocycles. The molecule has 1 saturated carbocycles. The molecule has 1 aromatic rings. The van der Waals surface area contributed by atoms with Gasteiger partial charge in [-0.1, -0.05) is 12.1 Å². The van der Waals surface area contributed by atoms with Crippen LogP contribution in [-0.4, -0.2) is 38.3 Å². The molecular weight excluding hydrogens is 304 g/mol. The van der Waals surface area contributed by atoms with Crippen molar-refractivity contribution in [3.05, 3.63) is 29.8 Å². The summed E-state index contributed by atoms with van der Waals surface area (Å²) in [6, 6.07) is 7.55. The minimum atomic E-state index is -0.270. The first-order valence-corrected chi connectivity index (χ1v) is 7.60. The van der Waals surface area contributed by atoms with Gasteiger partial charge >= 0.3 is 0 Å². The van der Waals surface area contributed by atoms with Gasteiger partial charge in [-0.3, -0.25) is 4.79 Å². The molecule has 0 aromatic heterocycles. The molecular formula is C16H23ClN2O3. The molecule has 0 bridgehead atoms. The van der Waals surface area contributed by atoms with E-state index in [1.807, 2.05) is 24.3 Å². The molecule has 1 atom stereocenters. The van der Waals surface area contributed by atoms with E-state index in [9.17, 15) is 4.79 Å². The van der Waals surface area contributed by atoms with E-state index in [0.717, 1.165) is 23.8 Å². The van der Waals surface area contributed by atoms with Crippen LogP contribution in [0.25, 0.3) is 0 Å². The number of hydrogen-bond donors (Lipinski definition) is 2. The van der Waals surface area contributed by atoms with Gasteiger partial charge in [-0.2, -0.15) is 0 Å². The normalized spacial score (nSPS) is 21.0. The summed E-state index contributed by atoms with van der Waals surface area (Å²) in [5.41, 5.74) is 1.89. The van der Waals surface area contributed by atoms with Gasteiger partial charge in [-0.15, -0.1) is 12.4 Å². The lowest BCUT2D eigenvalue weighted by atomic mass is 10.2. The Morgan fingerprint density at radius 3 is 3.00 bits per heavy atom. The van der Waals surface area contributed by atoms with Crippen molar-refractivity contribution in [1.82, 2.24) is 5.32 Å². The van der Waals surface area contributed by atoms with Crippen LogP contribution in [0.15, 0.2) is 24.3 Å². The third-order valence-corrected chi connectivity index (χ3v) is 3.75. The molecule has 2 N–H and O–H groups in total. The lowest BCUT2D eigenvalue weighted by Crippen LogP contribution is -2.48. The van der Waals surface area contributed by atoms with E-state index < -0.39 is 0 Å². The Labute approximate surface area is 137 Å². The number of nitrogens with one attached hydrogen (secondary N) is 2. The van der Waals surface area contributed by atoms with E-state index in [-0.39, 0.29) is 24.4 Å². The van der Waals surface area contributed by atoms with E-state index in [1.165, 1.54) is 12.8 Å². The highest BCUT2D eigenvalue weighted by Gasteiger charge is 2.22. The van der Waals surface area contributed by atoms with Crippen LogP contribution in [0, 0.1) is 5.92 Å². The Balaban J connectivity index is 0.00000176. The summed E-state index contributed by atoms with van der Waals surface area (Å²) >= 11 is 0. The molecule has 1 aliphatic heterocycles. The lowest BCUT2D eigenvalue weighted by Gasteiger charge is -2.23. The van der Waals surface area contributed by atoms with Crippen LogP contribution in [0.5, 0.6) is 0 Å². The molecule has 3 rings (SSSR count). The Bertz CT molecular complexity index is 488. The van der Waals surface area contributed by atoms with Gasteiger partial charge in [-0.05, 0) is 36.5 Å². The average molecular weight is 327 g/mol. The van der Waals surface area contributed by atoms with Crippen LogP contribution in [0.2, 0.25) is 0 Å². The summed E-state index contributed by atoms with van der Waals surface area (Å²) in [4.78, 5) is 12.1. The van der Waals surface area contributed by atoms with Gasteiger partial charge in [0.25, 0.3) is 0 Å². The highest BCUT2D eigenvalue weighted by molar-refractivity contribution is 5.95. The number of carbonyl (C=O) groups excluding carboxylic acids is 1. The third kappa shape index (κ3) is 5.25. The van der Waals surface area contributed by atoms with Gasteiger partial charge in [0.2, 0.25) is 5.91 Å². The Morgan fingerprint density at radius 2 is 2.27 bits per heavy atom. The maximum atomic E-state index is 12.1. The standard InChI is InChI=1S/C16H22N2O3.ClH/c19-16(15-11-20-7-6-17-15)18-14-3-1-2-13(8-14)10-21-9-12-4-5-12;/h1-3,8,12,15,17H,4-7,9-11H2,(H,18,19);1H. The number of ether oxygens (including phenoxy) is 2. The molecule has 22 heavy (non-hydrogen) atoms. The number of benzene rings is 1. The van der Waals surface area contributed by atoms with Crippen molar-refractivity contribution in [2.45, 2.75) is 25.5 Å². The summed E-state index contributed by atoms with van der Waals surface area (Å²) in [6.45, 7) is 3.26. The number of rotatable bonds is 6. The molecule has 0 spiro atoms. The molecule has 1 amide bonds. The Hall–Kier alpha value is -1.14. The molecule has 0 radical (unpaired) electrons. The number of anilines is 1. The molecule has 6 heteroatoms. The Morgan fingerprint density at radius 1 is 1.41 bits per heavy atom. The van der Waals surface area contributed by atoms with Crippen LogP contribution in [0.3, 0.4) is 0 Å². The summed E-state index contributed by atoms with van der Waals surface area (Å²) in [5.74, 6) is 0.719. The smallest absolute Gasteiger partial charge is 0.243 e. The van der Waals surface area contributed by atoms with E-state index in [1.54, 1.807) is 0 Å². The fraction of sp³-hybridized carbons (Fsp3) is 0.562. The second-order valence-electron chi connectivity index (χ2n) is 5.73. The average Bonchev–Trinajstić information content (AvgIpc) is 3.33. The highest BCUT2D eigenvalue weighted by Crippen LogP contribution is 2.29. The number of amides is 1. The van der Waals surface area contributed by atoms with Gasteiger partial charge < -0.3 is 20.1 Å². The van der Waals surface area contributed by atoms with Gasteiger partial charge in [0.05, 0.1) is 19.8 Å². The van der Waals surface area contributed by atoms with Crippen molar-refractivity contribution in [2.75, 3.05) is 31.7 Å². The van der Waals surface area contributed by atoms with Crippen molar-refractivity contribution < 1.29 is 14.3 Å². The summed E-state index contributed by atoms with van der Waals surface area (Å²) in [5, 5.41) is 6.07. The largest absolute Gasteiger partial charge is 0.378 e. The number of halogens is 1. The predicted octanol–water partition coefficient (Wildman–Crippen LogP) is 1.96. The molecule has 1 aliphatic carbocycles. The van der Waals surface area contributed by atoms with Crippen LogP contribution in [-0.2, 0) is 20.9 Å². The molecule has 1 heterocycles. The van der Waals surface area contributed by atoms with Crippen molar-refractivity contribution >= 4 is 24.0 Å². The number of morpholine rings is 1. The maximum Gasteiger partial charge on any atom is 0.243 e. The van der Waals surface area contributed by atoms with Gasteiger partial charge in [0.15, 0.2) is 0 Å². The van der Waals surface area contributed by atoms with Crippen molar-refractivity contribution in [3.63, 3.8) is 0 Å². The summed E-state index contributed by atoms with van der Waals surface area (Å²) < 4.78 is 11.0. The first-order valence-electron chi connectivity index (χ1n) is 7.60. The SMILES string of the molecule is Cl.O=C(Nc1cccc(COCC2CC2)c1)C1COCCN1. The molecule has 2 fully saturated rings. The monoisotopic (exact) mass is 326 g/mol. The molecule has 5 nitrogen and oxygen atoms in total. The zero-order chi connectivity index (χ0) is 14.5. The summed E-state index contributed by atoms with van der Waals surface area (Å²) in [6.07, 6.45) is 2.60. The van der Waals surface area contributed by atoms with Gasteiger partial charge in [0, 0.05) is 18.8 Å². The van der Waals surface area contributed by atoms with Crippen LogP contribution in [0.4, 0.5) is 5.69 Å². The van der Waals surface area contributed by atoms with E-state index in [0.29, 0.717) is 26.4 Å². The molecule has 2 aliphatic rings. The van der Waals surface area contributed by atoms with Crippen molar-refractivity contribution in [3.8, 4) is 0 Å². The second-order valence-corrected chi connectivity index (χ2v) is 5.73. The molecule has 1 aromatic carbocycles. The van der Waals surface area contributed by atoms with Crippen LogP contribution < -0.4 is 10.6 Å². The van der Waals surface area contributed by atoms with Crippen LogP contribution in [0.1, 0.15) is 18.4 Å². The predicted molar refractivity (Wildman–Crippen MR) is 87.3 cm³/mol. The first kappa shape index (κ1) is 17.2. The maximum absolute atomic E-state index is 12.1. The van der Waals surface area contributed by atoms with Crippen molar-refractivity contribution in [1.29, 1.82) is 0 Å². The Kier molecular flexibility index (Phi) is 6.64. The van der Waals surface area contributed by atoms with Crippen molar-refractivity contribution in [2.24, 2.45) is 5.92 Å². The van der Waals surface area contributed by atoms with E-state index >= 15 is 0 Å². The minimum absolute atomic E-state index is 0.